The van der Waals surface area contributed by atoms with Crippen LogP contribution < -0.4 is 5.32 Å². The Morgan fingerprint density at radius 2 is 1.90 bits per heavy atom. The third-order valence-electron chi connectivity index (χ3n) is 5.37. The highest BCUT2D eigenvalue weighted by Gasteiger charge is 2.35. The average molecular weight is 306 g/mol. The van der Waals surface area contributed by atoms with Gasteiger partial charge in [-0.05, 0) is 66.7 Å². The molecule has 0 bridgehead atoms. The number of hydrogen-bond donors (Lipinski definition) is 1. The smallest absolute Gasteiger partial charge is 0.0408 e. The molecule has 1 aromatic carbocycles. The fourth-order valence-electron chi connectivity index (χ4n) is 4.54. The summed E-state index contributed by atoms with van der Waals surface area (Å²) in [5.41, 5.74) is 3.51. The summed E-state index contributed by atoms with van der Waals surface area (Å²) in [4.78, 5) is 0. The maximum atomic E-state index is 6.11. The number of nitrogens with one attached hydrogen (secondary N) is 1. The van der Waals surface area contributed by atoms with Crippen LogP contribution in [0.3, 0.4) is 0 Å². The third kappa shape index (κ3) is 3.63. The minimum absolute atomic E-state index is 0.570. The molecule has 1 saturated carbocycles. The van der Waals surface area contributed by atoms with Gasteiger partial charge in [0.15, 0.2) is 0 Å². The second-order valence-electron chi connectivity index (χ2n) is 7.70. The number of halogens is 1. The van der Waals surface area contributed by atoms with Crippen LogP contribution in [0.5, 0.6) is 0 Å². The molecule has 0 heterocycles. The summed E-state index contributed by atoms with van der Waals surface area (Å²) in [6.45, 7) is 5.94. The molecule has 0 aliphatic heterocycles. The normalized spacial score (nSPS) is 23.7. The summed E-state index contributed by atoms with van der Waals surface area (Å²) >= 11 is 6.11. The van der Waals surface area contributed by atoms with Crippen molar-refractivity contribution in [1.82, 2.24) is 5.32 Å². The van der Waals surface area contributed by atoms with Crippen LogP contribution in [-0.4, -0.2) is 12.6 Å². The molecule has 0 spiro atoms. The zero-order valence-electron chi connectivity index (χ0n) is 13.4. The van der Waals surface area contributed by atoms with Gasteiger partial charge in [-0.2, -0.15) is 0 Å². The molecule has 0 aromatic heterocycles. The molecular weight excluding hydrogens is 278 g/mol. The molecule has 3 rings (SSSR count). The molecule has 1 fully saturated rings. The van der Waals surface area contributed by atoms with Crippen molar-refractivity contribution >= 4 is 11.6 Å². The molecule has 21 heavy (non-hydrogen) atoms. The molecule has 2 heteroatoms. The first-order valence-electron chi connectivity index (χ1n) is 8.57. The lowest BCUT2D eigenvalue weighted by Gasteiger charge is -2.32. The van der Waals surface area contributed by atoms with E-state index in [0.29, 0.717) is 11.5 Å². The van der Waals surface area contributed by atoms with Crippen LogP contribution in [0.4, 0.5) is 0 Å². The largest absolute Gasteiger partial charge is 0.313 e. The van der Waals surface area contributed by atoms with Crippen LogP contribution in [-0.2, 0) is 12.8 Å². The molecule has 2 aliphatic carbocycles. The predicted octanol–water partition coefficient (Wildman–Crippen LogP) is 5.00. The van der Waals surface area contributed by atoms with Crippen molar-refractivity contribution in [2.75, 3.05) is 6.54 Å². The highest BCUT2D eigenvalue weighted by atomic mass is 35.5. The minimum atomic E-state index is 0.570. The van der Waals surface area contributed by atoms with Crippen LogP contribution in [0.15, 0.2) is 18.2 Å². The summed E-state index contributed by atoms with van der Waals surface area (Å²) in [7, 11) is 0. The van der Waals surface area contributed by atoms with E-state index in [1.165, 1.54) is 56.2 Å². The van der Waals surface area contributed by atoms with Crippen molar-refractivity contribution in [3.8, 4) is 0 Å². The second-order valence-corrected chi connectivity index (χ2v) is 8.14. The second kappa shape index (κ2) is 6.30. The topological polar surface area (TPSA) is 12.0 Å². The van der Waals surface area contributed by atoms with Gasteiger partial charge in [0.25, 0.3) is 0 Å². The van der Waals surface area contributed by atoms with E-state index < -0.39 is 0 Å². The summed E-state index contributed by atoms with van der Waals surface area (Å²) in [6.07, 6.45) is 9.39. The molecule has 1 aromatic rings. The van der Waals surface area contributed by atoms with Gasteiger partial charge in [-0.1, -0.05) is 44.4 Å². The van der Waals surface area contributed by atoms with Crippen LogP contribution >= 0.6 is 11.6 Å². The molecule has 1 unspecified atom stereocenters. The molecule has 1 N–H and O–H groups in total. The summed E-state index contributed by atoms with van der Waals surface area (Å²) in [5, 5.41) is 4.77. The molecule has 0 saturated heterocycles. The number of benzene rings is 1. The van der Waals surface area contributed by atoms with E-state index in [-0.39, 0.29) is 0 Å². The fourth-order valence-corrected chi connectivity index (χ4v) is 4.73. The van der Waals surface area contributed by atoms with Crippen molar-refractivity contribution in [3.05, 3.63) is 34.3 Å². The minimum Gasteiger partial charge on any atom is -0.313 e. The number of rotatable bonds is 5. The van der Waals surface area contributed by atoms with E-state index in [9.17, 15) is 0 Å². The van der Waals surface area contributed by atoms with E-state index in [1.807, 2.05) is 6.07 Å². The van der Waals surface area contributed by atoms with Gasteiger partial charge in [0.1, 0.15) is 0 Å². The maximum Gasteiger partial charge on any atom is 0.0408 e. The van der Waals surface area contributed by atoms with E-state index >= 15 is 0 Å². The van der Waals surface area contributed by atoms with E-state index in [1.54, 1.807) is 0 Å². The molecule has 0 radical (unpaired) electrons. The van der Waals surface area contributed by atoms with Crippen molar-refractivity contribution < 1.29 is 0 Å². The van der Waals surface area contributed by atoms with Crippen molar-refractivity contribution in [3.63, 3.8) is 0 Å². The Morgan fingerprint density at radius 3 is 2.62 bits per heavy atom. The molecular formula is C19H28ClN. The van der Waals surface area contributed by atoms with Crippen molar-refractivity contribution in [2.45, 2.75) is 64.8 Å². The molecule has 116 valence electrons. The zero-order valence-corrected chi connectivity index (χ0v) is 14.2. The van der Waals surface area contributed by atoms with Crippen LogP contribution in [0.2, 0.25) is 5.02 Å². The Balaban J connectivity index is 1.58. The standard InChI is InChI=1S/C19H28ClN/c1-14(2)12-19(7-3-4-8-19)13-21-18-10-15-5-6-17(20)9-16(15)11-18/h5-6,9,14,18,21H,3-4,7-8,10-13H2,1-2H3. The van der Waals surface area contributed by atoms with E-state index in [4.69, 9.17) is 11.6 Å². The van der Waals surface area contributed by atoms with Gasteiger partial charge in [-0.15, -0.1) is 0 Å². The Labute approximate surface area is 134 Å². The average Bonchev–Trinajstić information content (AvgIpc) is 3.02. The maximum absolute atomic E-state index is 6.11. The first-order chi connectivity index (χ1) is 10.1. The lowest BCUT2D eigenvalue weighted by molar-refractivity contribution is 0.215. The summed E-state index contributed by atoms with van der Waals surface area (Å²) < 4.78 is 0. The molecule has 2 aliphatic rings. The first kappa shape index (κ1) is 15.4. The lowest BCUT2D eigenvalue weighted by Crippen LogP contribution is -2.39. The van der Waals surface area contributed by atoms with Gasteiger partial charge in [0.2, 0.25) is 0 Å². The van der Waals surface area contributed by atoms with Crippen LogP contribution in [0, 0.1) is 11.3 Å². The van der Waals surface area contributed by atoms with Gasteiger partial charge in [0, 0.05) is 17.6 Å². The van der Waals surface area contributed by atoms with Gasteiger partial charge in [-0.25, -0.2) is 0 Å². The Hall–Kier alpha value is -0.530. The van der Waals surface area contributed by atoms with Crippen molar-refractivity contribution in [2.24, 2.45) is 11.3 Å². The van der Waals surface area contributed by atoms with Gasteiger partial charge in [0.05, 0.1) is 0 Å². The Morgan fingerprint density at radius 1 is 1.19 bits per heavy atom. The third-order valence-corrected chi connectivity index (χ3v) is 5.61. The van der Waals surface area contributed by atoms with Gasteiger partial charge >= 0.3 is 0 Å². The van der Waals surface area contributed by atoms with E-state index in [0.717, 1.165) is 17.4 Å². The SMILES string of the molecule is CC(C)CC1(CNC2Cc3ccc(Cl)cc3C2)CCCC1. The molecule has 1 nitrogen and oxygen atoms in total. The van der Waals surface area contributed by atoms with Crippen molar-refractivity contribution in [1.29, 1.82) is 0 Å². The highest BCUT2D eigenvalue weighted by Crippen LogP contribution is 2.43. The predicted molar refractivity (Wildman–Crippen MR) is 91.0 cm³/mol. The van der Waals surface area contributed by atoms with Crippen LogP contribution in [0.1, 0.15) is 57.1 Å². The number of fused-ring (bicyclic) bond motifs is 1. The molecule has 0 amide bonds. The summed E-state index contributed by atoms with van der Waals surface area (Å²) in [6, 6.07) is 7.00. The zero-order chi connectivity index (χ0) is 14.9. The first-order valence-corrected chi connectivity index (χ1v) is 8.95. The quantitative estimate of drug-likeness (QED) is 0.807. The fraction of sp³-hybridized carbons (Fsp3) is 0.684. The van der Waals surface area contributed by atoms with E-state index in [2.05, 4.69) is 31.3 Å². The van der Waals surface area contributed by atoms with Gasteiger partial charge in [-0.3, -0.25) is 0 Å². The Bertz CT molecular complexity index is 488. The van der Waals surface area contributed by atoms with Crippen LogP contribution in [0.25, 0.3) is 0 Å². The number of hydrogen-bond acceptors (Lipinski definition) is 1. The monoisotopic (exact) mass is 305 g/mol. The lowest BCUT2D eigenvalue weighted by atomic mass is 9.78. The molecule has 1 atom stereocenters. The summed E-state index contributed by atoms with van der Waals surface area (Å²) in [5.74, 6) is 0.810. The van der Waals surface area contributed by atoms with Gasteiger partial charge < -0.3 is 5.32 Å². The highest BCUT2D eigenvalue weighted by molar-refractivity contribution is 6.30. The Kier molecular flexibility index (Phi) is 4.61.